The number of fused-ring (bicyclic) bond motifs is 1. The molecular weight excluding hydrogens is 280 g/mol. The van der Waals surface area contributed by atoms with E-state index >= 15 is 0 Å². The van der Waals surface area contributed by atoms with E-state index in [1.54, 1.807) is 14.2 Å². The first-order valence-electron chi connectivity index (χ1n) is 6.89. The highest BCUT2D eigenvalue weighted by atomic mass is 16.5. The molecule has 0 radical (unpaired) electrons. The summed E-state index contributed by atoms with van der Waals surface area (Å²) in [5, 5.41) is 11.2. The number of aromatic nitrogens is 2. The Morgan fingerprint density at radius 3 is 2.68 bits per heavy atom. The molecule has 0 aliphatic heterocycles. The molecule has 0 bridgehead atoms. The van der Waals surface area contributed by atoms with Crippen molar-refractivity contribution in [1.29, 1.82) is 0 Å². The van der Waals surface area contributed by atoms with E-state index in [-0.39, 0.29) is 0 Å². The van der Waals surface area contributed by atoms with Crippen molar-refractivity contribution in [2.75, 3.05) is 25.3 Å². The van der Waals surface area contributed by atoms with Gasteiger partial charge >= 0.3 is 0 Å². The molecule has 1 heterocycles. The van der Waals surface area contributed by atoms with Gasteiger partial charge in [-0.15, -0.1) is 0 Å². The van der Waals surface area contributed by atoms with E-state index in [0.717, 1.165) is 33.7 Å². The molecule has 3 rings (SSSR count). The van der Waals surface area contributed by atoms with Crippen molar-refractivity contribution in [3.63, 3.8) is 0 Å². The Balaban J connectivity index is 1.75. The van der Waals surface area contributed by atoms with Gasteiger partial charge in [0.25, 0.3) is 0 Å². The molecule has 0 aliphatic carbocycles. The van der Waals surface area contributed by atoms with Crippen molar-refractivity contribution in [1.82, 2.24) is 10.2 Å². The van der Waals surface area contributed by atoms with Crippen LogP contribution < -0.4 is 20.5 Å². The molecule has 0 aliphatic rings. The zero-order chi connectivity index (χ0) is 15.5. The first-order chi connectivity index (χ1) is 10.7. The number of benzene rings is 2. The normalized spacial score (nSPS) is 10.6. The van der Waals surface area contributed by atoms with Gasteiger partial charge in [-0.25, -0.2) is 0 Å². The zero-order valence-corrected chi connectivity index (χ0v) is 12.5. The third-order valence-corrected chi connectivity index (χ3v) is 3.54. The van der Waals surface area contributed by atoms with Crippen molar-refractivity contribution in [2.24, 2.45) is 0 Å². The Kier molecular flexibility index (Phi) is 3.74. The molecule has 0 atom stereocenters. The van der Waals surface area contributed by atoms with Gasteiger partial charge < -0.3 is 20.5 Å². The Labute approximate surface area is 128 Å². The van der Waals surface area contributed by atoms with Crippen LogP contribution in [0.2, 0.25) is 0 Å². The van der Waals surface area contributed by atoms with Gasteiger partial charge in [0.05, 0.1) is 19.7 Å². The maximum atomic E-state index is 5.76. The number of hydrogen-bond donors (Lipinski definition) is 3. The van der Waals surface area contributed by atoms with Crippen molar-refractivity contribution in [3.05, 3.63) is 42.0 Å². The lowest BCUT2D eigenvalue weighted by Gasteiger charge is -2.11. The second-order valence-electron chi connectivity index (χ2n) is 4.91. The summed E-state index contributed by atoms with van der Waals surface area (Å²) in [7, 11) is 3.26. The van der Waals surface area contributed by atoms with Crippen molar-refractivity contribution < 1.29 is 9.47 Å². The summed E-state index contributed by atoms with van der Waals surface area (Å²) < 4.78 is 10.5. The summed E-state index contributed by atoms with van der Waals surface area (Å²) in [4.78, 5) is 0. The van der Waals surface area contributed by atoms with E-state index < -0.39 is 0 Å². The monoisotopic (exact) mass is 298 g/mol. The molecule has 2 aromatic carbocycles. The van der Waals surface area contributed by atoms with E-state index in [1.165, 1.54) is 0 Å². The number of anilines is 2. The number of nitrogens with one attached hydrogen (secondary N) is 2. The van der Waals surface area contributed by atoms with Gasteiger partial charge in [-0.3, -0.25) is 5.10 Å². The minimum atomic E-state index is 0.515. The number of H-pyrrole nitrogens is 1. The van der Waals surface area contributed by atoms with Crippen LogP contribution in [0.25, 0.3) is 10.9 Å². The van der Waals surface area contributed by atoms with Gasteiger partial charge in [-0.2, -0.15) is 5.10 Å². The fourth-order valence-corrected chi connectivity index (χ4v) is 2.35. The molecule has 0 saturated carbocycles. The first kappa shape index (κ1) is 14.1. The Hall–Kier alpha value is -2.89. The van der Waals surface area contributed by atoms with Gasteiger partial charge in [-0.05, 0) is 35.9 Å². The summed E-state index contributed by atoms with van der Waals surface area (Å²) in [5.74, 6) is 1.96. The van der Waals surface area contributed by atoms with Gasteiger partial charge in [0.2, 0.25) is 0 Å². The number of nitrogen functional groups attached to an aromatic ring is 1. The van der Waals surface area contributed by atoms with Gasteiger partial charge in [0, 0.05) is 17.6 Å². The van der Waals surface area contributed by atoms with Crippen LogP contribution in [0.4, 0.5) is 11.5 Å². The molecule has 114 valence electrons. The second kappa shape index (κ2) is 5.85. The molecule has 3 aromatic rings. The third-order valence-electron chi connectivity index (χ3n) is 3.54. The van der Waals surface area contributed by atoms with Crippen LogP contribution in [-0.2, 0) is 6.54 Å². The van der Waals surface area contributed by atoms with Gasteiger partial charge in [0.15, 0.2) is 17.3 Å². The Morgan fingerprint density at radius 2 is 1.91 bits per heavy atom. The summed E-state index contributed by atoms with van der Waals surface area (Å²) in [6, 6.07) is 11.8. The van der Waals surface area contributed by atoms with Crippen LogP contribution in [0, 0.1) is 0 Å². The lowest BCUT2D eigenvalue weighted by atomic mass is 10.2. The average molecular weight is 298 g/mol. The van der Waals surface area contributed by atoms with Gasteiger partial charge in [0.1, 0.15) is 0 Å². The van der Waals surface area contributed by atoms with E-state index in [0.29, 0.717) is 12.4 Å². The highest BCUT2D eigenvalue weighted by molar-refractivity contribution is 5.90. The highest BCUT2D eigenvalue weighted by Crippen LogP contribution is 2.28. The fraction of sp³-hybridized carbons (Fsp3) is 0.188. The standard InChI is InChI=1S/C16H18N4O2/c1-21-14-6-3-10(7-15(14)22-2)9-18-11-4-5-12-13(8-11)19-20-16(12)17/h3-8,18H,9H2,1-2H3,(H3,17,19,20). The quantitative estimate of drug-likeness (QED) is 0.674. The summed E-state index contributed by atoms with van der Waals surface area (Å²) >= 11 is 0. The van der Waals surface area contributed by atoms with Gasteiger partial charge in [-0.1, -0.05) is 6.07 Å². The smallest absolute Gasteiger partial charge is 0.161 e. The molecule has 0 saturated heterocycles. The fourth-order valence-electron chi connectivity index (χ4n) is 2.35. The third kappa shape index (κ3) is 2.63. The summed E-state index contributed by atoms with van der Waals surface area (Å²) in [6.45, 7) is 0.676. The van der Waals surface area contributed by atoms with Crippen LogP contribution in [0.3, 0.4) is 0 Å². The van der Waals surface area contributed by atoms with Crippen molar-refractivity contribution in [2.45, 2.75) is 6.54 Å². The minimum absolute atomic E-state index is 0.515. The molecule has 6 heteroatoms. The maximum absolute atomic E-state index is 5.76. The average Bonchev–Trinajstić information content (AvgIpc) is 2.93. The maximum Gasteiger partial charge on any atom is 0.161 e. The van der Waals surface area contributed by atoms with E-state index in [9.17, 15) is 0 Å². The van der Waals surface area contributed by atoms with E-state index in [4.69, 9.17) is 15.2 Å². The van der Waals surface area contributed by atoms with E-state index in [2.05, 4.69) is 15.5 Å². The Bertz CT molecular complexity index is 798. The number of rotatable bonds is 5. The lowest BCUT2D eigenvalue weighted by molar-refractivity contribution is 0.354. The second-order valence-corrected chi connectivity index (χ2v) is 4.91. The number of methoxy groups -OCH3 is 2. The highest BCUT2D eigenvalue weighted by Gasteiger charge is 2.06. The molecule has 0 amide bonds. The molecule has 6 nitrogen and oxygen atoms in total. The molecular formula is C16H18N4O2. The number of nitrogens with zero attached hydrogens (tertiary/aromatic N) is 1. The number of ether oxygens (including phenoxy) is 2. The summed E-state index contributed by atoms with van der Waals surface area (Å²) in [5.41, 5.74) is 8.76. The van der Waals surface area contributed by atoms with Crippen LogP contribution in [0.15, 0.2) is 36.4 Å². The molecule has 22 heavy (non-hydrogen) atoms. The summed E-state index contributed by atoms with van der Waals surface area (Å²) in [6.07, 6.45) is 0. The number of hydrogen-bond acceptors (Lipinski definition) is 5. The van der Waals surface area contributed by atoms with Crippen LogP contribution in [0.1, 0.15) is 5.56 Å². The predicted octanol–water partition coefficient (Wildman–Crippen LogP) is 2.77. The van der Waals surface area contributed by atoms with Crippen LogP contribution in [0.5, 0.6) is 11.5 Å². The number of aromatic amines is 1. The van der Waals surface area contributed by atoms with E-state index in [1.807, 2.05) is 36.4 Å². The SMILES string of the molecule is COc1ccc(CNc2ccc3c(N)n[nH]c3c2)cc1OC. The van der Waals surface area contributed by atoms with Crippen molar-refractivity contribution in [3.8, 4) is 11.5 Å². The molecule has 4 N–H and O–H groups in total. The van der Waals surface area contributed by atoms with Crippen LogP contribution >= 0.6 is 0 Å². The lowest BCUT2D eigenvalue weighted by Crippen LogP contribution is -2.00. The number of nitrogens with two attached hydrogens (primary N) is 1. The molecule has 1 aromatic heterocycles. The minimum Gasteiger partial charge on any atom is -0.493 e. The van der Waals surface area contributed by atoms with Crippen LogP contribution in [-0.4, -0.2) is 24.4 Å². The largest absolute Gasteiger partial charge is 0.493 e. The first-order valence-corrected chi connectivity index (χ1v) is 6.89. The molecule has 0 unspecified atom stereocenters. The van der Waals surface area contributed by atoms with Crippen molar-refractivity contribution >= 4 is 22.4 Å². The zero-order valence-electron chi connectivity index (χ0n) is 12.5. The Morgan fingerprint density at radius 1 is 1.09 bits per heavy atom. The molecule has 0 fully saturated rings. The predicted molar refractivity (Wildman–Crippen MR) is 87.4 cm³/mol. The molecule has 0 spiro atoms. The topological polar surface area (TPSA) is 85.2 Å².